The number of ether oxygens (including phenoxy) is 2. The van der Waals surface area contributed by atoms with Crippen LogP contribution in [0.25, 0.3) is 6.08 Å². The number of morpholine rings is 1. The topological polar surface area (TPSA) is 51.1 Å². The summed E-state index contributed by atoms with van der Waals surface area (Å²) in [5.41, 5.74) is 1.75. The van der Waals surface area contributed by atoms with Crippen molar-refractivity contribution in [3.63, 3.8) is 0 Å². The van der Waals surface area contributed by atoms with Gasteiger partial charge in [-0.1, -0.05) is 48.0 Å². The summed E-state index contributed by atoms with van der Waals surface area (Å²) in [7, 11) is 0. The van der Waals surface area contributed by atoms with Crippen molar-refractivity contribution in [2.24, 2.45) is 4.99 Å². The van der Waals surface area contributed by atoms with Gasteiger partial charge in [0, 0.05) is 29.2 Å². The zero-order valence-electron chi connectivity index (χ0n) is 15.1. The molecule has 144 valence electrons. The van der Waals surface area contributed by atoms with Crippen molar-refractivity contribution in [3.8, 4) is 5.75 Å². The molecule has 7 heteroatoms. The van der Waals surface area contributed by atoms with Gasteiger partial charge in [0.05, 0.1) is 18.1 Å². The van der Waals surface area contributed by atoms with Gasteiger partial charge in [-0.3, -0.25) is 4.79 Å². The Labute approximate surface area is 173 Å². The van der Waals surface area contributed by atoms with E-state index in [2.05, 4.69) is 9.89 Å². The first-order chi connectivity index (χ1) is 13.7. The second-order valence-electron chi connectivity index (χ2n) is 6.33. The largest absolute Gasteiger partial charge is 0.488 e. The minimum absolute atomic E-state index is 0.215. The van der Waals surface area contributed by atoms with Crippen molar-refractivity contribution in [2.75, 3.05) is 26.3 Å². The van der Waals surface area contributed by atoms with Crippen molar-refractivity contribution in [2.45, 2.75) is 6.61 Å². The number of para-hydroxylation sites is 1. The number of carbonyl (C=O) groups excluding carboxylic acids is 1. The maximum absolute atomic E-state index is 12.4. The molecule has 2 aliphatic heterocycles. The van der Waals surface area contributed by atoms with E-state index in [9.17, 15) is 4.79 Å². The highest BCUT2D eigenvalue weighted by molar-refractivity contribution is 8.18. The molecule has 2 aromatic carbocycles. The Morgan fingerprint density at radius 2 is 1.89 bits per heavy atom. The standard InChI is InChI=1S/C21H19ClN2O3S/c22-17-7-3-1-6-16(17)14-27-18-8-4-2-5-15(18)13-19-20(25)23-21(28-19)24-9-11-26-12-10-24/h1-8,13H,9-12,14H2/b19-13+. The Morgan fingerprint density at radius 3 is 2.71 bits per heavy atom. The van der Waals surface area contributed by atoms with Crippen LogP contribution >= 0.6 is 23.4 Å². The van der Waals surface area contributed by atoms with Crippen LogP contribution in [0.15, 0.2) is 58.4 Å². The number of aliphatic imine (C=N–C) groups is 1. The molecule has 0 aliphatic carbocycles. The van der Waals surface area contributed by atoms with Crippen LogP contribution < -0.4 is 4.74 Å². The molecule has 28 heavy (non-hydrogen) atoms. The highest BCUT2D eigenvalue weighted by atomic mass is 35.5. The first-order valence-electron chi connectivity index (χ1n) is 9.01. The smallest absolute Gasteiger partial charge is 0.286 e. The fourth-order valence-electron chi connectivity index (χ4n) is 2.93. The summed E-state index contributed by atoms with van der Waals surface area (Å²) >= 11 is 7.61. The third kappa shape index (κ3) is 4.41. The molecule has 0 saturated carbocycles. The minimum atomic E-state index is -0.215. The third-order valence-electron chi connectivity index (χ3n) is 4.44. The van der Waals surface area contributed by atoms with Gasteiger partial charge in [0.2, 0.25) is 0 Å². The number of amides is 1. The Hall–Kier alpha value is -2.28. The molecule has 5 nitrogen and oxygen atoms in total. The molecule has 1 saturated heterocycles. The van der Waals surface area contributed by atoms with Crippen molar-refractivity contribution in [3.05, 3.63) is 69.6 Å². The predicted octanol–water partition coefficient (Wildman–Crippen LogP) is 4.22. The lowest BCUT2D eigenvalue weighted by molar-refractivity contribution is -0.113. The van der Waals surface area contributed by atoms with Gasteiger partial charge in [-0.15, -0.1) is 0 Å². The van der Waals surface area contributed by atoms with Gasteiger partial charge in [-0.05, 0) is 30.0 Å². The van der Waals surface area contributed by atoms with Gasteiger partial charge < -0.3 is 14.4 Å². The summed E-state index contributed by atoms with van der Waals surface area (Å²) in [6, 6.07) is 15.2. The van der Waals surface area contributed by atoms with Crippen molar-refractivity contribution >= 4 is 40.5 Å². The summed E-state index contributed by atoms with van der Waals surface area (Å²) < 4.78 is 11.3. The number of carbonyl (C=O) groups is 1. The fraction of sp³-hybridized carbons (Fsp3) is 0.238. The molecule has 0 aromatic heterocycles. The molecule has 2 heterocycles. The molecule has 0 unspecified atom stereocenters. The molecule has 2 aromatic rings. The molecule has 0 radical (unpaired) electrons. The van der Waals surface area contributed by atoms with Gasteiger partial charge in [-0.25, -0.2) is 0 Å². The van der Waals surface area contributed by atoms with Crippen molar-refractivity contribution < 1.29 is 14.3 Å². The Kier molecular flexibility index (Phi) is 6.00. The van der Waals surface area contributed by atoms with Gasteiger partial charge in [0.25, 0.3) is 5.91 Å². The van der Waals surface area contributed by atoms with E-state index in [0.29, 0.717) is 35.5 Å². The molecule has 0 spiro atoms. The Bertz CT molecular complexity index is 939. The number of nitrogens with zero attached hydrogens (tertiary/aromatic N) is 2. The molecule has 1 fully saturated rings. The lowest BCUT2D eigenvalue weighted by atomic mass is 10.2. The van der Waals surface area contributed by atoms with Crippen LogP contribution in [0, 0.1) is 0 Å². The molecular weight excluding hydrogens is 396 g/mol. The normalized spacial score (nSPS) is 18.5. The number of benzene rings is 2. The van der Waals surface area contributed by atoms with E-state index in [0.717, 1.165) is 29.4 Å². The number of hydrogen-bond donors (Lipinski definition) is 0. The second kappa shape index (κ2) is 8.82. The first-order valence-corrected chi connectivity index (χ1v) is 10.2. The summed E-state index contributed by atoms with van der Waals surface area (Å²) in [5.74, 6) is 0.482. The maximum Gasteiger partial charge on any atom is 0.286 e. The lowest BCUT2D eigenvalue weighted by Crippen LogP contribution is -2.38. The van der Waals surface area contributed by atoms with Crippen LogP contribution in [-0.2, 0) is 16.1 Å². The minimum Gasteiger partial charge on any atom is -0.488 e. The molecule has 0 atom stereocenters. The van der Waals surface area contributed by atoms with Crippen LogP contribution in [0.4, 0.5) is 0 Å². The number of hydrogen-bond acceptors (Lipinski definition) is 5. The highest BCUT2D eigenvalue weighted by Crippen LogP contribution is 2.33. The third-order valence-corrected chi connectivity index (χ3v) is 5.85. The molecule has 0 bridgehead atoms. The van der Waals surface area contributed by atoms with Gasteiger partial charge in [0.15, 0.2) is 5.17 Å². The number of rotatable bonds is 4. The van der Waals surface area contributed by atoms with Gasteiger partial charge in [0.1, 0.15) is 12.4 Å². The van der Waals surface area contributed by atoms with Crippen LogP contribution in [-0.4, -0.2) is 42.3 Å². The molecule has 1 amide bonds. The Balaban J connectivity index is 1.49. The monoisotopic (exact) mass is 414 g/mol. The number of thioether (sulfide) groups is 1. The van der Waals surface area contributed by atoms with E-state index < -0.39 is 0 Å². The van der Waals surface area contributed by atoms with Crippen molar-refractivity contribution in [1.82, 2.24) is 4.90 Å². The van der Waals surface area contributed by atoms with E-state index >= 15 is 0 Å². The molecule has 0 N–H and O–H groups in total. The highest BCUT2D eigenvalue weighted by Gasteiger charge is 2.27. The summed E-state index contributed by atoms with van der Waals surface area (Å²) in [5, 5.41) is 1.41. The predicted molar refractivity (Wildman–Crippen MR) is 113 cm³/mol. The van der Waals surface area contributed by atoms with Gasteiger partial charge in [-0.2, -0.15) is 4.99 Å². The molecule has 2 aliphatic rings. The first kappa shape index (κ1) is 19.1. The van der Waals surface area contributed by atoms with Crippen LogP contribution in [0.3, 0.4) is 0 Å². The van der Waals surface area contributed by atoms with E-state index in [1.807, 2.05) is 54.6 Å². The molecule has 4 rings (SSSR count). The van der Waals surface area contributed by atoms with Crippen LogP contribution in [0.2, 0.25) is 5.02 Å². The summed E-state index contributed by atoms with van der Waals surface area (Å²) in [6.45, 7) is 3.18. The Morgan fingerprint density at radius 1 is 1.14 bits per heavy atom. The van der Waals surface area contributed by atoms with Crippen LogP contribution in [0.5, 0.6) is 5.75 Å². The average molecular weight is 415 g/mol. The van der Waals surface area contributed by atoms with Crippen molar-refractivity contribution in [1.29, 1.82) is 0 Å². The van der Waals surface area contributed by atoms with Crippen LogP contribution in [0.1, 0.15) is 11.1 Å². The number of amidine groups is 1. The fourth-order valence-corrected chi connectivity index (χ4v) is 4.08. The second-order valence-corrected chi connectivity index (χ2v) is 7.74. The van der Waals surface area contributed by atoms with E-state index in [4.69, 9.17) is 21.1 Å². The quantitative estimate of drug-likeness (QED) is 0.701. The zero-order chi connectivity index (χ0) is 19.3. The van der Waals surface area contributed by atoms with E-state index in [1.54, 1.807) is 0 Å². The number of halogens is 1. The maximum atomic E-state index is 12.4. The van der Waals surface area contributed by atoms with E-state index in [1.165, 1.54) is 11.8 Å². The molecular formula is C21H19ClN2O3S. The van der Waals surface area contributed by atoms with Gasteiger partial charge >= 0.3 is 0 Å². The SMILES string of the molecule is O=C1N=C(N2CCOCC2)S/C1=C/c1ccccc1OCc1ccccc1Cl. The summed E-state index contributed by atoms with van der Waals surface area (Å²) in [6.07, 6.45) is 1.84. The average Bonchev–Trinajstić information content (AvgIpc) is 3.09. The lowest BCUT2D eigenvalue weighted by Gasteiger charge is -2.27. The van der Waals surface area contributed by atoms with E-state index in [-0.39, 0.29) is 5.91 Å². The zero-order valence-corrected chi connectivity index (χ0v) is 16.7. The summed E-state index contributed by atoms with van der Waals surface area (Å²) in [4.78, 5) is 19.3.